The van der Waals surface area contributed by atoms with Crippen LogP contribution in [-0.2, 0) is 7.05 Å². The van der Waals surface area contributed by atoms with Gasteiger partial charge in [0.2, 0.25) is 0 Å². The smallest absolute Gasteiger partial charge is 0.259 e. The van der Waals surface area contributed by atoms with Crippen LogP contribution >= 0.6 is 0 Å². The van der Waals surface area contributed by atoms with Crippen LogP contribution in [0.15, 0.2) is 6.20 Å². The van der Waals surface area contributed by atoms with Gasteiger partial charge in [-0.05, 0) is 12.3 Å². The maximum atomic E-state index is 12.3. The highest BCUT2D eigenvalue weighted by molar-refractivity contribution is 5.98. The first kappa shape index (κ1) is 11.9. The zero-order chi connectivity index (χ0) is 12.6. The van der Waals surface area contributed by atoms with E-state index in [1.165, 1.54) is 10.9 Å². The Kier molecular flexibility index (Phi) is 3.06. The number of hydrogen-bond acceptors (Lipinski definition) is 4. The van der Waals surface area contributed by atoms with Crippen molar-refractivity contribution in [3.8, 4) is 0 Å². The number of carbonyl (C=O) groups excluding carboxylic acids is 1. The van der Waals surface area contributed by atoms with Crippen molar-refractivity contribution < 1.29 is 9.90 Å². The Balaban J connectivity index is 2.23. The fraction of sp³-hybridized carbons (Fsp3) is 0.636. The minimum atomic E-state index is -0.140. The monoisotopic (exact) mass is 238 g/mol. The number of likely N-dealkylation sites (tertiary alicyclic amines) is 1. The molecule has 94 valence electrons. The minimum Gasteiger partial charge on any atom is -0.394 e. The summed E-state index contributed by atoms with van der Waals surface area (Å²) in [6, 6.07) is -0.109. The highest BCUT2D eigenvalue weighted by Crippen LogP contribution is 2.26. The molecule has 17 heavy (non-hydrogen) atoms. The van der Waals surface area contributed by atoms with E-state index in [0.29, 0.717) is 23.8 Å². The van der Waals surface area contributed by atoms with E-state index in [0.717, 1.165) is 6.42 Å². The van der Waals surface area contributed by atoms with Gasteiger partial charge in [-0.25, -0.2) is 0 Å². The third-order valence-electron chi connectivity index (χ3n) is 3.55. The van der Waals surface area contributed by atoms with Gasteiger partial charge >= 0.3 is 0 Å². The Bertz CT molecular complexity index is 429. The third kappa shape index (κ3) is 1.88. The molecule has 1 amide bonds. The van der Waals surface area contributed by atoms with Crippen molar-refractivity contribution in [2.75, 3.05) is 18.9 Å². The molecule has 0 spiro atoms. The van der Waals surface area contributed by atoms with Crippen LogP contribution in [0.1, 0.15) is 23.7 Å². The van der Waals surface area contributed by atoms with Crippen LogP contribution in [0.3, 0.4) is 0 Å². The summed E-state index contributed by atoms with van der Waals surface area (Å²) in [6.07, 6.45) is 2.40. The summed E-state index contributed by atoms with van der Waals surface area (Å²) in [5.41, 5.74) is 6.20. The Morgan fingerprint density at radius 2 is 2.41 bits per heavy atom. The number of nitrogens with two attached hydrogens (primary N) is 1. The van der Waals surface area contributed by atoms with Crippen LogP contribution in [0, 0.1) is 5.92 Å². The van der Waals surface area contributed by atoms with Crippen LogP contribution in [0.25, 0.3) is 0 Å². The molecule has 2 heterocycles. The largest absolute Gasteiger partial charge is 0.394 e. The predicted molar refractivity (Wildman–Crippen MR) is 63.3 cm³/mol. The second-order valence-corrected chi connectivity index (χ2v) is 4.58. The molecule has 0 bridgehead atoms. The molecule has 1 aromatic heterocycles. The lowest BCUT2D eigenvalue weighted by Gasteiger charge is -2.24. The van der Waals surface area contributed by atoms with Crippen molar-refractivity contribution in [1.82, 2.24) is 14.7 Å². The molecule has 0 aromatic carbocycles. The average molecular weight is 238 g/mol. The molecular weight excluding hydrogens is 220 g/mol. The van der Waals surface area contributed by atoms with Crippen molar-refractivity contribution in [1.29, 1.82) is 0 Å². The predicted octanol–water partition coefficient (Wildman–Crippen LogP) is -0.155. The van der Waals surface area contributed by atoms with Gasteiger partial charge in [-0.15, -0.1) is 0 Å². The zero-order valence-electron chi connectivity index (χ0n) is 10.1. The number of hydrogen-bond donors (Lipinski definition) is 2. The summed E-state index contributed by atoms with van der Waals surface area (Å²) in [4.78, 5) is 14.0. The van der Waals surface area contributed by atoms with Gasteiger partial charge in [-0.2, -0.15) is 5.10 Å². The molecule has 1 saturated heterocycles. The summed E-state index contributed by atoms with van der Waals surface area (Å²) < 4.78 is 1.47. The number of nitrogens with zero attached hydrogens (tertiary/aromatic N) is 3. The maximum Gasteiger partial charge on any atom is 0.259 e. The van der Waals surface area contributed by atoms with Gasteiger partial charge in [0.25, 0.3) is 5.91 Å². The van der Waals surface area contributed by atoms with Crippen LogP contribution in [0.5, 0.6) is 0 Å². The molecule has 2 unspecified atom stereocenters. The number of aliphatic hydroxyl groups is 1. The van der Waals surface area contributed by atoms with E-state index >= 15 is 0 Å². The van der Waals surface area contributed by atoms with E-state index in [2.05, 4.69) is 5.10 Å². The van der Waals surface area contributed by atoms with Gasteiger partial charge in [0.05, 0.1) is 18.8 Å². The number of anilines is 1. The summed E-state index contributed by atoms with van der Waals surface area (Å²) in [6.45, 7) is 2.70. The SMILES string of the molecule is CC1CCN(C(=O)c2cnn(C)c2N)C1CO. The van der Waals surface area contributed by atoms with E-state index in [9.17, 15) is 9.90 Å². The number of aryl methyl sites for hydroxylation is 1. The summed E-state index contributed by atoms with van der Waals surface area (Å²) in [5, 5.41) is 13.3. The van der Waals surface area contributed by atoms with Gasteiger partial charge < -0.3 is 15.7 Å². The van der Waals surface area contributed by atoms with E-state index < -0.39 is 0 Å². The van der Waals surface area contributed by atoms with Crippen LogP contribution in [0.4, 0.5) is 5.82 Å². The van der Waals surface area contributed by atoms with Crippen LogP contribution in [0.2, 0.25) is 0 Å². The van der Waals surface area contributed by atoms with Gasteiger partial charge in [0.1, 0.15) is 11.4 Å². The molecule has 0 radical (unpaired) electrons. The fourth-order valence-electron chi connectivity index (χ4n) is 2.31. The molecule has 1 aliphatic heterocycles. The summed E-state index contributed by atoms with van der Waals surface area (Å²) in [5.74, 6) is 0.548. The third-order valence-corrected chi connectivity index (χ3v) is 3.55. The van der Waals surface area contributed by atoms with Crippen molar-refractivity contribution in [3.63, 3.8) is 0 Å². The van der Waals surface area contributed by atoms with Crippen molar-refractivity contribution in [3.05, 3.63) is 11.8 Å². The first-order valence-corrected chi connectivity index (χ1v) is 5.75. The van der Waals surface area contributed by atoms with E-state index in [-0.39, 0.29) is 18.6 Å². The lowest BCUT2D eigenvalue weighted by molar-refractivity contribution is 0.0649. The molecule has 1 aliphatic rings. The molecule has 0 saturated carbocycles. The van der Waals surface area contributed by atoms with Crippen molar-refractivity contribution in [2.24, 2.45) is 13.0 Å². The number of aliphatic hydroxyl groups excluding tert-OH is 1. The number of rotatable bonds is 2. The fourth-order valence-corrected chi connectivity index (χ4v) is 2.31. The molecular formula is C11H18N4O2. The molecule has 2 rings (SSSR count). The standard InChI is InChI=1S/C11H18N4O2/c1-7-3-4-15(9(7)6-16)11(17)8-5-13-14(2)10(8)12/h5,7,9,16H,3-4,6,12H2,1-2H3. The topological polar surface area (TPSA) is 84.4 Å². The maximum absolute atomic E-state index is 12.3. The van der Waals surface area contributed by atoms with Crippen molar-refractivity contribution in [2.45, 2.75) is 19.4 Å². The minimum absolute atomic E-state index is 0.00687. The Morgan fingerprint density at radius 3 is 2.94 bits per heavy atom. The highest BCUT2D eigenvalue weighted by atomic mass is 16.3. The van der Waals surface area contributed by atoms with Gasteiger partial charge in [0.15, 0.2) is 0 Å². The normalized spacial score (nSPS) is 24.3. The molecule has 6 heteroatoms. The molecule has 1 aromatic rings. The number of carbonyl (C=O) groups is 1. The lowest BCUT2D eigenvalue weighted by Crippen LogP contribution is -2.40. The van der Waals surface area contributed by atoms with Gasteiger partial charge in [-0.3, -0.25) is 9.48 Å². The lowest BCUT2D eigenvalue weighted by atomic mass is 10.0. The molecule has 3 N–H and O–H groups in total. The Hall–Kier alpha value is -1.56. The number of amides is 1. The first-order valence-electron chi connectivity index (χ1n) is 5.75. The molecule has 1 fully saturated rings. The number of nitrogen functional groups attached to an aromatic ring is 1. The van der Waals surface area contributed by atoms with Crippen LogP contribution < -0.4 is 5.73 Å². The summed E-state index contributed by atoms with van der Waals surface area (Å²) >= 11 is 0. The Labute approximate surface area is 100 Å². The van der Waals surface area contributed by atoms with E-state index in [1.807, 2.05) is 6.92 Å². The molecule has 0 aliphatic carbocycles. The van der Waals surface area contributed by atoms with E-state index in [4.69, 9.17) is 5.73 Å². The Morgan fingerprint density at radius 1 is 1.71 bits per heavy atom. The first-order chi connectivity index (χ1) is 8.06. The van der Waals surface area contributed by atoms with E-state index in [1.54, 1.807) is 11.9 Å². The van der Waals surface area contributed by atoms with Gasteiger partial charge in [0, 0.05) is 13.6 Å². The van der Waals surface area contributed by atoms with Crippen molar-refractivity contribution >= 4 is 11.7 Å². The second-order valence-electron chi connectivity index (χ2n) is 4.58. The average Bonchev–Trinajstić information content (AvgIpc) is 2.83. The zero-order valence-corrected chi connectivity index (χ0v) is 10.1. The van der Waals surface area contributed by atoms with Crippen LogP contribution in [-0.4, -0.2) is 44.9 Å². The highest BCUT2D eigenvalue weighted by Gasteiger charge is 2.35. The second kappa shape index (κ2) is 4.37. The quantitative estimate of drug-likeness (QED) is 0.750. The molecule has 6 nitrogen and oxygen atoms in total. The molecule has 2 atom stereocenters. The van der Waals surface area contributed by atoms with Gasteiger partial charge in [-0.1, -0.05) is 6.92 Å². The number of aromatic nitrogens is 2. The summed E-state index contributed by atoms with van der Waals surface area (Å²) in [7, 11) is 1.70.